The van der Waals surface area contributed by atoms with E-state index in [-0.39, 0.29) is 12.6 Å². The summed E-state index contributed by atoms with van der Waals surface area (Å²) in [6.45, 7) is 5.72. The van der Waals surface area contributed by atoms with E-state index in [0.29, 0.717) is 17.3 Å². The molecule has 0 spiro atoms. The van der Waals surface area contributed by atoms with Gasteiger partial charge in [0.2, 0.25) is 5.89 Å². The molecule has 0 bridgehead atoms. The van der Waals surface area contributed by atoms with E-state index in [9.17, 15) is 9.59 Å². The van der Waals surface area contributed by atoms with Crippen LogP contribution in [0.1, 0.15) is 31.3 Å². The number of hydrogen-bond donors (Lipinski definition) is 0. The van der Waals surface area contributed by atoms with Crippen molar-refractivity contribution < 1.29 is 4.42 Å². The van der Waals surface area contributed by atoms with Crippen molar-refractivity contribution in [3.8, 4) is 11.5 Å². The summed E-state index contributed by atoms with van der Waals surface area (Å²) < 4.78 is 8.48. The second-order valence-electron chi connectivity index (χ2n) is 5.93. The van der Waals surface area contributed by atoms with Crippen molar-refractivity contribution in [3.05, 3.63) is 74.9 Å². The van der Waals surface area contributed by atoms with Crippen molar-refractivity contribution in [1.82, 2.24) is 14.1 Å². The minimum atomic E-state index is -0.560. The summed E-state index contributed by atoms with van der Waals surface area (Å²) in [4.78, 5) is 28.8. The standard InChI is InChI=1S/C18H19N3O3/c1-12(2)21-10-9-20(17(22)18(21)23)11-15-13(3)24-16(19-15)14-7-5-4-6-8-14/h4-10,12H,11H2,1-3H3. The molecule has 0 aliphatic rings. The van der Waals surface area contributed by atoms with Crippen LogP contribution in [0, 0.1) is 6.92 Å². The van der Waals surface area contributed by atoms with Gasteiger partial charge in [-0.3, -0.25) is 9.59 Å². The second kappa shape index (κ2) is 6.31. The van der Waals surface area contributed by atoms with Gasteiger partial charge in [-0.05, 0) is 32.9 Å². The van der Waals surface area contributed by atoms with Crippen LogP contribution in [0.4, 0.5) is 0 Å². The zero-order chi connectivity index (χ0) is 17.3. The molecule has 3 rings (SSSR count). The van der Waals surface area contributed by atoms with Gasteiger partial charge in [0.25, 0.3) is 0 Å². The molecule has 0 N–H and O–H groups in total. The highest BCUT2D eigenvalue weighted by atomic mass is 16.4. The molecular formula is C18H19N3O3. The van der Waals surface area contributed by atoms with Crippen molar-refractivity contribution in [2.24, 2.45) is 0 Å². The minimum Gasteiger partial charge on any atom is -0.441 e. The number of benzene rings is 1. The molecule has 0 saturated carbocycles. The van der Waals surface area contributed by atoms with E-state index in [2.05, 4.69) is 4.98 Å². The first-order valence-electron chi connectivity index (χ1n) is 7.80. The Morgan fingerprint density at radius 2 is 1.79 bits per heavy atom. The highest BCUT2D eigenvalue weighted by Gasteiger charge is 2.14. The number of oxazole rings is 1. The Labute approximate surface area is 139 Å². The summed E-state index contributed by atoms with van der Waals surface area (Å²) in [7, 11) is 0. The lowest BCUT2D eigenvalue weighted by molar-refractivity contribution is 0.533. The van der Waals surface area contributed by atoms with E-state index in [1.54, 1.807) is 19.3 Å². The number of aryl methyl sites for hydroxylation is 1. The highest BCUT2D eigenvalue weighted by Crippen LogP contribution is 2.21. The van der Waals surface area contributed by atoms with E-state index in [4.69, 9.17) is 4.42 Å². The first-order valence-corrected chi connectivity index (χ1v) is 7.80. The fourth-order valence-electron chi connectivity index (χ4n) is 2.49. The SMILES string of the molecule is Cc1oc(-c2ccccc2)nc1Cn1ccn(C(C)C)c(=O)c1=O. The van der Waals surface area contributed by atoms with Gasteiger partial charge in [0.15, 0.2) is 0 Å². The van der Waals surface area contributed by atoms with Crippen LogP contribution in [-0.4, -0.2) is 14.1 Å². The number of rotatable bonds is 4. The molecule has 0 aliphatic carbocycles. The van der Waals surface area contributed by atoms with Crippen LogP contribution >= 0.6 is 0 Å². The molecule has 6 nitrogen and oxygen atoms in total. The monoisotopic (exact) mass is 325 g/mol. The Bertz CT molecular complexity index is 965. The topological polar surface area (TPSA) is 70.0 Å². The molecular weight excluding hydrogens is 306 g/mol. The lowest BCUT2D eigenvalue weighted by atomic mass is 10.2. The maximum absolute atomic E-state index is 12.3. The van der Waals surface area contributed by atoms with E-state index in [0.717, 1.165) is 5.56 Å². The predicted octanol–water partition coefficient (Wildman–Crippen LogP) is 2.60. The van der Waals surface area contributed by atoms with Crippen LogP contribution in [0.2, 0.25) is 0 Å². The molecule has 2 aromatic heterocycles. The molecule has 0 fully saturated rings. The van der Waals surface area contributed by atoms with Crippen LogP contribution in [-0.2, 0) is 6.54 Å². The fourth-order valence-corrected chi connectivity index (χ4v) is 2.49. The third kappa shape index (κ3) is 2.95. The van der Waals surface area contributed by atoms with E-state index < -0.39 is 11.1 Å². The van der Waals surface area contributed by atoms with Crippen molar-refractivity contribution >= 4 is 0 Å². The van der Waals surface area contributed by atoms with Crippen molar-refractivity contribution in [2.75, 3.05) is 0 Å². The average Bonchev–Trinajstić information content (AvgIpc) is 2.93. The fraction of sp³-hybridized carbons (Fsp3) is 0.278. The molecule has 3 aromatic rings. The van der Waals surface area contributed by atoms with Gasteiger partial charge in [-0.2, -0.15) is 0 Å². The summed E-state index contributed by atoms with van der Waals surface area (Å²) in [6, 6.07) is 9.49. The quantitative estimate of drug-likeness (QED) is 0.691. The van der Waals surface area contributed by atoms with Crippen molar-refractivity contribution in [1.29, 1.82) is 0 Å². The third-order valence-electron chi connectivity index (χ3n) is 3.88. The Hall–Kier alpha value is -2.89. The Morgan fingerprint density at radius 3 is 2.46 bits per heavy atom. The molecule has 1 aromatic carbocycles. The maximum Gasteiger partial charge on any atom is 0.316 e. The largest absolute Gasteiger partial charge is 0.441 e. The summed E-state index contributed by atoms with van der Waals surface area (Å²) in [5.74, 6) is 1.14. The average molecular weight is 325 g/mol. The molecule has 0 aliphatic heterocycles. The predicted molar refractivity (Wildman–Crippen MR) is 91.1 cm³/mol. The van der Waals surface area contributed by atoms with Crippen LogP contribution in [0.3, 0.4) is 0 Å². The second-order valence-corrected chi connectivity index (χ2v) is 5.93. The van der Waals surface area contributed by atoms with E-state index in [1.165, 1.54) is 9.13 Å². The summed E-state index contributed by atoms with van der Waals surface area (Å²) in [5, 5.41) is 0. The van der Waals surface area contributed by atoms with E-state index in [1.807, 2.05) is 44.2 Å². The molecule has 124 valence electrons. The van der Waals surface area contributed by atoms with Gasteiger partial charge >= 0.3 is 11.1 Å². The first-order chi connectivity index (χ1) is 11.5. The number of aromatic nitrogens is 3. The molecule has 24 heavy (non-hydrogen) atoms. The smallest absolute Gasteiger partial charge is 0.316 e. The minimum absolute atomic E-state index is 0.0571. The van der Waals surface area contributed by atoms with Crippen LogP contribution in [0.5, 0.6) is 0 Å². The number of nitrogens with zero attached hydrogens (tertiary/aromatic N) is 3. The molecule has 0 atom stereocenters. The summed E-state index contributed by atoms with van der Waals surface area (Å²) >= 11 is 0. The molecule has 0 amide bonds. The molecule has 6 heteroatoms. The molecule has 0 radical (unpaired) electrons. The van der Waals surface area contributed by atoms with Crippen molar-refractivity contribution in [3.63, 3.8) is 0 Å². The van der Waals surface area contributed by atoms with Gasteiger partial charge in [0, 0.05) is 24.0 Å². The molecule has 2 heterocycles. The summed E-state index contributed by atoms with van der Waals surface area (Å²) in [6.07, 6.45) is 3.24. The Balaban J connectivity index is 1.96. The normalized spacial score (nSPS) is 11.2. The molecule has 0 saturated heterocycles. The van der Waals surface area contributed by atoms with Crippen LogP contribution in [0.25, 0.3) is 11.5 Å². The third-order valence-corrected chi connectivity index (χ3v) is 3.88. The van der Waals surface area contributed by atoms with Crippen LogP contribution in [0.15, 0.2) is 56.7 Å². The number of hydrogen-bond acceptors (Lipinski definition) is 4. The lowest BCUT2D eigenvalue weighted by Gasteiger charge is -2.10. The van der Waals surface area contributed by atoms with Crippen LogP contribution < -0.4 is 11.1 Å². The zero-order valence-electron chi connectivity index (χ0n) is 13.9. The highest BCUT2D eigenvalue weighted by molar-refractivity contribution is 5.53. The summed E-state index contributed by atoms with van der Waals surface area (Å²) in [5.41, 5.74) is 0.416. The van der Waals surface area contributed by atoms with Gasteiger partial charge < -0.3 is 13.6 Å². The Kier molecular flexibility index (Phi) is 4.20. The van der Waals surface area contributed by atoms with Gasteiger partial charge in [-0.25, -0.2) is 4.98 Å². The Morgan fingerprint density at radius 1 is 1.08 bits per heavy atom. The lowest BCUT2D eigenvalue weighted by Crippen LogP contribution is -2.41. The van der Waals surface area contributed by atoms with Gasteiger partial charge in [-0.15, -0.1) is 0 Å². The van der Waals surface area contributed by atoms with Gasteiger partial charge in [0.1, 0.15) is 11.5 Å². The van der Waals surface area contributed by atoms with E-state index >= 15 is 0 Å². The maximum atomic E-state index is 12.3. The molecule has 0 unspecified atom stereocenters. The van der Waals surface area contributed by atoms with Crippen molar-refractivity contribution in [2.45, 2.75) is 33.4 Å². The van der Waals surface area contributed by atoms with Gasteiger partial charge in [-0.1, -0.05) is 18.2 Å². The zero-order valence-corrected chi connectivity index (χ0v) is 13.9. The first kappa shape index (κ1) is 16.0. The van der Waals surface area contributed by atoms with Gasteiger partial charge in [0.05, 0.1) is 6.54 Å².